The number of hydrogen-bond acceptors (Lipinski definition) is 6. The van der Waals surface area contributed by atoms with E-state index < -0.39 is 47.9 Å². The number of nitrogens with two attached hydrogens (primary N) is 2. The fourth-order valence-electron chi connectivity index (χ4n) is 2.09. The van der Waals surface area contributed by atoms with Crippen LogP contribution in [0.3, 0.4) is 0 Å². The molecule has 0 radical (unpaired) electrons. The summed E-state index contributed by atoms with van der Waals surface area (Å²) in [5.41, 5.74) is 10.7. The van der Waals surface area contributed by atoms with Crippen LogP contribution < -0.4 is 22.1 Å². The molecule has 0 fully saturated rings. The molecule has 0 aliphatic carbocycles. The van der Waals surface area contributed by atoms with E-state index >= 15 is 0 Å². The number of aliphatic carboxylic acids is 1. The van der Waals surface area contributed by atoms with Crippen molar-refractivity contribution in [2.75, 3.05) is 0 Å². The SMILES string of the molecule is CC(C)C[C@H](N)C(=O)N[C@H](C(=O)N[C@@H](CCC(N)=O)C(=O)O)[C@@H](C)O. The van der Waals surface area contributed by atoms with Crippen LogP contribution in [0.1, 0.15) is 40.0 Å². The van der Waals surface area contributed by atoms with Crippen LogP contribution in [0.4, 0.5) is 0 Å². The van der Waals surface area contributed by atoms with Crippen molar-refractivity contribution in [2.24, 2.45) is 17.4 Å². The molecule has 0 aromatic carbocycles. The molecule has 0 rings (SSSR count). The van der Waals surface area contributed by atoms with Crippen molar-refractivity contribution in [1.82, 2.24) is 10.6 Å². The molecule has 0 aliphatic heterocycles. The minimum absolute atomic E-state index is 0.157. The second kappa shape index (κ2) is 10.6. The third kappa shape index (κ3) is 9.01. The summed E-state index contributed by atoms with van der Waals surface area (Å²) < 4.78 is 0. The number of carboxylic acid groups (broad SMARTS) is 1. The van der Waals surface area contributed by atoms with E-state index in [0.717, 1.165) is 0 Å². The van der Waals surface area contributed by atoms with Gasteiger partial charge in [-0.25, -0.2) is 4.79 Å². The first-order chi connectivity index (χ1) is 11.5. The largest absolute Gasteiger partial charge is 0.480 e. The Morgan fingerprint density at radius 1 is 1.04 bits per heavy atom. The maximum atomic E-state index is 12.2. The molecule has 0 unspecified atom stereocenters. The molecule has 0 saturated heterocycles. The van der Waals surface area contributed by atoms with E-state index in [1.807, 2.05) is 13.8 Å². The number of carboxylic acids is 1. The first kappa shape index (κ1) is 22.8. The number of carbonyl (C=O) groups is 4. The summed E-state index contributed by atoms with van der Waals surface area (Å²) in [5.74, 6) is -3.43. The van der Waals surface area contributed by atoms with Crippen LogP contribution in [0, 0.1) is 5.92 Å². The quantitative estimate of drug-likeness (QED) is 0.247. The first-order valence-corrected chi connectivity index (χ1v) is 8.01. The Morgan fingerprint density at radius 3 is 2.00 bits per heavy atom. The van der Waals surface area contributed by atoms with E-state index in [4.69, 9.17) is 16.6 Å². The first-order valence-electron chi connectivity index (χ1n) is 8.01. The summed E-state index contributed by atoms with van der Waals surface area (Å²) >= 11 is 0. The van der Waals surface area contributed by atoms with Gasteiger partial charge >= 0.3 is 5.97 Å². The van der Waals surface area contributed by atoms with Crippen LogP contribution >= 0.6 is 0 Å². The van der Waals surface area contributed by atoms with Crippen LogP contribution in [0.15, 0.2) is 0 Å². The van der Waals surface area contributed by atoms with Gasteiger partial charge in [-0.2, -0.15) is 0 Å². The summed E-state index contributed by atoms with van der Waals surface area (Å²) in [7, 11) is 0. The van der Waals surface area contributed by atoms with Crippen LogP contribution in [-0.2, 0) is 19.2 Å². The van der Waals surface area contributed by atoms with E-state index in [-0.39, 0.29) is 18.8 Å². The minimum Gasteiger partial charge on any atom is -0.480 e. The highest BCUT2D eigenvalue weighted by molar-refractivity contribution is 5.92. The van der Waals surface area contributed by atoms with Gasteiger partial charge in [0.05, 0.1) is 12.1 Å². The van der Waals surface area contributed by atoms with Gasteiger partial charge in [0.15, 0.2) is 0 Å². The monoisotopic (exact) mass is 360 g/mol. The molecule has 25 heavy (non-hydrogen) atoms. The van der Waals surface area contributed by atoms with Gasteiger partial charge < -0.3 is 32.3 Å². The molecule has 0 saturated carbocycles. The fourth-order valence-corrected chi connectivity index (χ4v) is 2.09. The summed E-state index contributed by atoms with van der Waals surface area (Å²) in [6.45, 7) is 5.03. The average Bonchev–Trinajstić information content (AvgIpc) is 2.46. The minimum atomic E-state index is -1.37. The van der Waals surface area contributed by atoms with Crippen LogP contribution in [0.2, 0.25) is 0 Å². The third-order valence-corrected chi connectivity index (χ3v) is 3.42. The highest BCUT2D eigenvalue weighted by atomic mass is 16.4. The van der Waals surface area contributed by atoms with Crippen molar-refractivity contribution in [2.45, 2.75) is 64.3 Å². The van der Waals surface area contributed by atoms with Gasteiger partial charge in [-0.15, -0.1) is 0 Å². The number of nitrogens with one attached hydrogen (secondary N) is 2. The van der Waals surface area contributed by atoms with Crippen LogP contribution in [0.5, 0.6) is 0 Å². The number of aliphatic hydroxyl groups is 1. The highest BCUT2D eigenvalue weighted by Crippen LogP contribution is 2.05. The molecule has 0 bridgehead atoms. The standard InChI is InChI=1S/C15H28N4O6/c1-7(2)6-9(16)13(22)19-12(8(3)20)14(23)18-10(15(24)25)4-5-11(17)21/h7-10,12,20H,4-6,16H2,1-3H3,(H2,17,21)(H,18,23)(H,19,22)(H,24,25)/t8-,9+,10+,12+/m1/s1. The van der Waals surface area contributed by atoms with Gasteiger partial charge in [0.1, 0.15) is 12.1 Å². The predicted molar refractivity (Wildman–Crippen MR) is 89.0 cm³/mol. The maximum absolute atomic E-state index is 12.2. The zero-order valence-corrected chi connectivity index (χ0v) is 14.7. The highest BCUT2D eigenvalue weighted by Gasteiger charge is 2.31. The number of rotatable bonds is 11. The Hall–Kier alpha value is -2.20. The summed E-state index contributed by atoms with van der Waals surface area (Å²) in [6.07, 6.45) is -1.33. The number of primary amides is 1. The van der Waals surface area contributed by atoms with Crippen LogP contribution in [-0.4, -0.2) is 58.1 Å². The summed E-state index contributed by atoms with van der Waals surface area (Å²) in [4.78, 5) is 46.2. The lowest BCUT2D eigenvalue weighted by Gasteiger charge is -2.25. The van der Waals surface area contributed by atoms with E-state index in [1.165, 1.54) is 6.92 Å². The molecule has 0 aliphatic rings. The molecule has 3 amide bonds. The normalized spacial score (nSPS) is 15.8. The van der Waals surface area contributed by atoms with E-state index in [0.29, 0.717) is 6.42 Å². The number of aliphatic hydroxyl groups excluding tert-OH is 1. The number of carbonyl (C=O) groups excluding carboxylic acids is 3. The van der Waals surface area contributed by atoms with Crippen LogP contribution in [0.25, 0.3) is 0 Å². The third-order valence-electron chi connectivity index (χ3n) is 3.42. The van der Waals surface area contributed by atoms with Gasteiger partial charge in [0.25, 0.3) is 0 Å². The smallest absolute Gasteiger partial charge is 0.326 e. The van der Waals surface area contributed by atoms with Crippen molar-refractivity contribution < 1.29 is 29.4 Å². The Labute approximate surface area is 146 Å². The second-order valence-electron chi connectivity index (χ2n) is 6.37. The zero-order chi connectivity index (χ0) is 19.7. The maximum Gasteiger partial charge on any atom is 0.326 e. The molecule has 0 aromatic rings. The van der Waals surface area contributed by atoms with Gasteiger partial charge in [0, 0.05) is 6.42 Å². The molecule has 144 valence electrons. The number of hydrogen-bond donors (Lipinski definition) is 6. The van der Waals surface area contributed by atoms with Gasteiger partial charge in [0.2, 0.25) is 17.7 Å². The summed E-state index contributed by atoms with van der Waals surface area (Å²) in [5, 5.41) is 23.3. The molecule has 10 nitrogen and oxygen atoms in total. The van der Waals surface area contributed by atoms with Gasteiger partial charge in [-0.1, -0.05) is 13.8 Å². The van der Waals surface area contributed by atoms with Crippen molar-refractivity contribution >= 4 is 23.7 Å². The Balaban J connectivity index is 4.94. The molecule has 10 heteroatoms. The Kier molecular flexibility index (Phi) is 9.69. The van der Waals surface area contributed by atoms with Crippen molar-refractivity contribution in [3.63, 3.8) is 0 Å². The van der Waals surface area contributed by atoms with Crippen molar-refractivity contribution in [3.05, 3.63) is 0 Å². The molecular formula is C15H28N4O6. The molecule has 0 aromatic heterocycles. The van der Waals surface area contributed by atoms with E-state index in [1.54, 1.807) is 0 Å². The second-order valence-corrected chi connectivity index (χ2v) is 6.37. The van der Waals surface area contributed by atoms with Gasteiger partial charge in [-0.3, -0.25) is 14.4 Å². The van der Waals surface area contributed by atoms with Gasteiger partial charge in [-0.05, 0) is 25.7 Å². The molecule has 0 spiro atoms. The average molecular weight is 360 g/mol. The number of amides is 3. The zero-order valence-electron chi connectivity index (χ0n) is 14.7. The fraction of sp³-hybridized carbons (Fsp3) is 0.733. The van der Waals surface area contributed by atoms with Crippen molar-refractivity contribution in [1.29, 1.82) is 0 Å². The Bertz CT molecular complexity index is 494. The lowest BCUT2D eigenvalue weighted by molar-refractivity contribution is -0.143. The molecule has 8 N–H and O–H groups in total. The van der Waals surface area contributed by atoms with E-state index in [9.17, 15) is 24.3 Å². The summed E-state index contributed by atoms with van der Waals surface area (Å²) in [6, 6.07) is -3.61. The lowest BCUT2D eigenvalue weighted by Crippen LogP contribution is -2.58. The topological polar surface area (TPSA) is 185 Å². The Morgan fingerprint density at radius 2 is 1.60 bits per heavy atom. The molecular weight excluding hydrogens is 332 g/mol. The molecule has 4 atom stereocenters. The lowest BCUT2D eigenvalue weighted by atomic mass is 10.0. The van der Waals surface area contributed by atoms with Crippen molar-refractivity contribution in [3.8, 4) is 0 Å². The van der Waals surface area contributed by atoms with E-state index in [2.05, 4.69) is 10.6 Å². The predicted octanol–water partition coefficient (Wildman–Crippen LogP) is -1.94. The molecule has 0 heterocycles.